The third-order valence-corrected chi connectivity index (χ3v) is 4.32. The summed E-state index contributed by atoms with van der Waals surface area (Å²) in [5, 5.41) is 3.28. The molecule has 0 aliphatic heterocycles. The number of imidazole rings is 1. The SMILES string of the molecule is Cn1c(CNC(=O)c2c[nH]c3ccccc3c2=O)nc2ccccc21. The number of amides is 1. The molecule has 4 rings (SSSR count). The summed E-state index contributed by atoms with van der Waals surface area (Å²) in [5.41, 5.74) is 2.39. The first-order valence-corrected chi connectivity index (χ1v) is 7.94. The zero-order chi connectivity index (χ0) is 17.4. The highest BCUT2D eigenvalue weighted by Crippen LogP contribution is 2.14. The number of hydrogen-bond donors (Lipinski definition) is 2. The molecule has 25 heavy (non-hydrogen) atoms. The lowest BCUT2D eigenvalue weighted by Gasteiger charge is -2.06. The summed E-state index contributed by atoms with van der Waals surface area (Å²) in [6, 6.07) is 14.9. The van der Waals surface area contributed by atoms with Crippen molar-refractivity contribution in [3.63, 3.8) is 0 Å². The average molecular weight is 332 g/mol. The maximum absolute atomic E-state index is 12.5. The second kappa shape index (κ2) is 5.90. The van der Waals surface area contributed by atoms with E-state index >= 15 is 0 Å². The number of pyridine rings is 1. The first kappa shape index (κ1) is 15.1. The standard InChI is InChI=1S/C19H16N4O2/c1-23-16-9-5-4-8-15(16)22-17(23)11-21-19(25)13-10-20-14-7-3-2-6-12(14)18(13)24/h2-10H,11H2,1H3,(H,20,24)(H,21,25). The lowest BCUT2D eigenvalue weighted by molar-refractivity contribution is 0.0948. The predicted octanol–water partition coefficient (Wildman–Crippen LogP) is 2.34. The van der Waals surface area contributed by atoms with Crippen LogP contribution >= 0.6 is 0 Å². The summed E-state index contributed by atoms with van der Waals surface area (Å²) in [5.74, 6) is 0.311. The van der Waals surface area contributed by atoms with Gasteiger partial charge in [-0.05, 0) is 24.3 Å². The quantitative estimate of drug-likeness (QED) is 0.604. The van der Waals surface area contributed by atoms with Crippen LogP contribution < -0.4 is 10.7 Å². The number of nitrogens with one attached hydrogen (secondary N) is 2. The second-order valence-corrected chi connectivity index (χ2v) is 5.84. The molecule has 0 aliphatic rings. The van der Waals surface area contributed by atoms with Gasteiger partial charge in [-0.25, -0.2) is 4.98 Å². The minimum absolute atomic E-state index is 0.0949. The number of rotatable bonds is 3. The van der Waals surface area contributed by atoms with Gasteiger partial charge in [0.05, 0.1) is 17.6 Å². The average Bonchev–Trinajstić information content (AvgIpc) is 2.96. The number of fused-ring (bicyclic) bond motifs is 2. The summed E-state index contributed by atoms with van der Waals surface area (Å²) in [6.07, 6.45) is 1.45. The zero-order valence-corrected chi connectivity index (χ0v) is 13.6. The van der Waals surface area contributed by atoms with Crippen LogP contribution in [0.1, 0.15) is 16.2 Å². The van der Waals surface area contributed by atoms with Crippen LogP contribution in [-0.2, 0) is 13.6 Å². The summed E-state index contributed by atoms with van der Waals surface area (Å²) >= 11 is 0. The van der Waals surface area contributed by atoms with Gasteiger partial charge in [0.1, 0.15) is 11.4 Å². The van der Waals surface area contributed by atoms with E-state index in [0.29, 0.717) is 10.9 Å². The van der Waals surface area contributed by atoms with Gasteiger partial charge < -0.3 is 14.9 Å². The minimum Gasteiger partial charge on any atom is -0.360 e. The van der Waals surface area contributed by atoms with Crippen molar-refractivity contribution in [3.05, 3.63) is 76.3 Å². The molecule has 0 radical (unpaired) electrons. The summed E-state index contributed by atoms with van der Waals surface area (Å²) < 4.78 is 1.93. The summed E-state index contributed by atoms with van der Waals surface area (Å²) in [6.45, 7) is 0.246. The summed E-state index contributed by atoms with van der Waals surface area (Å²) in [7, 11) is 1.90. The largest absolute Gasteiger partial charge is 0.360 e. The Labute approximate surface area is 143 Å². The Kier molecular flexibility index (Phi) is 3.57. The van der Waals surface area contributed by atoms with Crippen molar-refractivity contribution < 1.29 is 4.79 Å². The number of aryl methyl sites for hydroxylation is 1. The van der Waals surface area contributed by atoms with Crippen LogP contribution in [0.2, 0.25) is 0 Å². The topological polar surface area (TPSA) is 79.8 Å². The molecule has 2 heterocycles. The first-order chi connectivity index (χ1) is 12.1. The van der Waals surface area contributed by atoms with Crippen molar-refractivity contribution in [2.75, 3.05) is 0 Å². The molecule has 6 nitrogen and oxygen atoms in total. The Morgan fingerprint density at radius 1 is 1.16 bits per heavy atom. The van der Waals surface area contributed by atoms with Crippen LogP contribution in [0.5, 0.6) is 0 Å². The third-order valence-electron chi connectivity index (χ3n) is 4.32. The molecule has 0 spiro atoms. The first-order valence-electron chi connectivity index (χ1n) is 7.94. The van der Waals surface area contributed by atoms with E-state index < -0.39 is 5.91 Å². The Balaban J connectivity index is 1.61. The smallest absolute Gasteiger partial charge is 0.257 e. The van der Waals surface area contributed by atoms with Crippen LogP contribution in [0, 0.1) is 0 Å². The molecule has 6 heteroatoms. The fraction of sp³-hybridized carbons (Fsp3) is 0.105. The maximum atomic E-state index is 12.5. The van der Waals surface area contributed by atoms with Gasteiger partial charge in [-0.15, -0.1) is 0 Å². The zero-order valence-electron chi connectivity index (χ0n) is 13.6. The molecule has 0 fully saturated rings. The van der Waals surface area contributed by atoms with Gasteiger partial charge in [0, 0.05) is 24.1 Å². The van der Waals surface area contributed by atoms with Crippen LogP contribution in [0.25, 0.3) is 21.9 Å². The molecule has 2 aromatic heterocycles. The molecule has 0 saturated heterocycles. The molecule has 1 amide bonds. The van der Waals surface area contributed by atoms with E-state index in [4.69, 9.17) is 0 Å². The molecule has 0 saturated carbocycles. The van der Waals surface area contributed by atoms with Gasteiger partial charge in [0.2, 0.25) is 5.43 Å². The van der Waals surface area contributed by atoms with Crippen molar-refractivity contribution in [2.45, 2.75) is 6.54 Å². The number of aromatic amines is 1. The lowest BCUT2D eigenvalue weighted by atomic mass is 10.1. The minimum atomic E-state index is -0.418. The molecular weight excluding hydrogens is 316 g/mol. The monoisotopic (exact) mass is 332 g/mol. The van der Waals surface area contributed by atoms with E-state index in [1.165, 1.54) is 6.20 Å². The Morgan fingerprint density at radius 3 is 2.76 bits per heavy atom. The number of benzene rings is 2. The molecule has 0 atom stereocenters. The van der Waals surface area contributed by atoms with Crippen molar-refractivity contribution >= 4 is 27.8 Å². The molecule has 124 valence electrons. The second-order valence-electron chi connectivity index (χ2n) is 5.84. The van der Waals surface area contributed by atoms with E-state index in [0.717, 1.165) is 16.9 Å². The Morgan fingerprint density at radius 2 is 1.92 bits per heavy atom. The van der Waals surface area contributed by atoms with Gasteiger partial charge in [-0.2, -0.15) is 0 Å². The van der Waals surface area contributed by atoms with Gasteiger partial charge in [0.15, 0.2) is 0 Å². The van der Waals surface area contributed by atoms with E-state index in [-0.39, 0.29) is 17.5 Å². The normalized spacial score (nSPS) is 11.1. The number of H-pyrrole nitrogens is 1. The van der Waals surface area contributed by atoms with Crippen LogP contribution in [0.3, 0.4) is 0 Å². The molecule has 4 aromatic rings. The van der Waals surface area contributed by atoms with E-state index in [9.17, 15) is 9.59 Å². The molecule has 0 aliphatic carbocycles. The van der Waals surface area contributed by atoms with Crippen molar-refractivity contribution in [1.82, 2.24) is 19.9 Å². The molecule has 0 bridgehead atoms. The van der Waals surface area contributed by atoms with Gasteiger partial charge >= 0.3 is 0 Å². The van der Waals surface area contributed by atoms with E-state index in [1.807, 2.05) is 41.9 Å². The van der Waals surface area contributed by atoms with Crippen molar-refractivity contribution in [2.24, 2.45) is 7.05 Å². The molecule has 2 N–H and O–H groups in total. The number of nitrogens with zero attached hydrogens (tertiary/aromatic N) is 2. The van der Waals surface area contributed by atoms with Gasteiger partial charge in [-0.3, -0.25) is 9.59 Å². The third kappa shape index (κ3) is 2.57. The van der Waals surface area contributed by atoms with Crippen LogP contribution in [0.4, 0.5) is 0 Å². The Bertz CT molecular complexity index is 1160. The summed E-state index contributed by atoms with van der Waals surface area (Å²) in [4.78, 5) is 32.4. The number of hydrogen-bond acceptors (Lipinski definition) is 3. The maximum Gasteiger partial charge on any atom is 0.257 e. The highest BCUT2D eigenvalue weighted by atomic mass is 16.2. The fourth-order valence-corrected chi connectivity index (χ4v) is 2.94. The molecular formula is C19H16N4O2. The van der Waals surface area contributed by atoms with Crippen LogP contribution in [-0.4, -0.2) is 20.4 Å². The van der Waals surface area contributed by atoms with Crippen molar-refractivity contribution in [3.8, 4) is 0 Å². The fourth-order valence-electron chi connectivity index (χ4n) is 2.94. The van der Waals surface area contributed by atoms with Gasteiger partial charge in [0.25, 0.3) is 5.91 Å². The number of carbonyl (C=O) groups is 1. The van der Waals surface area contributed by atoms with Gasteiger partial charge in [-0.1, -0.05) is 24.3 Å². The number of para-hydroxylation sites is 3. The van der Waals surface area contributed by atoms with E-state index in [1.54, 1.807) is 18.2 Å². The predicted molar refractivity (Wildman–Crippen MR) is 96.5 cm³/mol. The van der Waals surface area contributed by atoms with Crippen molar-refractivity contribution in [1.29, 1.82) is 0 Å². The highest BCUT2D eigenvalue weighted by molar-refractivity contribution is 5.97. The van der Waals surface area contributed by atoms with Crippen LogP contribution in [0.15, 0.2) is 59.5 Å². The molecule has 2 aromatic carbocycles. The van der Waals surface area contributed by atoms with E-state index in [2.05, 4.69) is 15.3 Å². The highest BCUT2D eigenvalue weighted by Gasteiger charge is 2.14. The Hall–Kier alpha value is -3.41. The number of aromatic nitrogens is 3. The lowest BCUT2D eigenvalue weighted by Crippen LogP contribution is -2.29. The number of carbonyl (C=O) groups excluding carboxylic acids is 1. The molecule has 0 unspecified atom stereocenters.